The number of hydrogen-bond acceptors (Lipinski definition) is 5. The van der Waals surface area contributed by atoms with Crippen LogP contribution >= 0.6 is 0 Å². The van der Waals surface area contributed by atoms with Gasteiger partial charge in [0.15, 0.2) is 17.3 Å². The van der Waals surface area contributed by atoms with E-state index in [2.05, 4.69) is 13.5 Å². The zero-order chi connectivity index (χ0) is 17.8. The van der Waals surface area contributed by atoms with Gasteiger partial charge in [0.25, 0.3) is 0 Å². The standard InChI is InChI=1S/C20H22O5/c1-4-7-20-9-15(23-3)18(21)17(19(20)22)16(11(20)2)12-5-6-13-14(8-12)25-10-24-13/h4-6,8-9,11,16-17,19,22H,1,7,10H2,2-3H3/t11-,16+,17+,19?,20+/m1/s1. The molecule has 3 aliphatic rings. The van der Waals surface area contributed by atoms with Crippen LogP contribution in [0.2, 0.25) is 0 Å². The first-order valence-electron chi connectivity index (χ1n) is 8.53. The van der Waals surface area contributed by atoms with Gasteiger partial charge in [-0.05, 0) is 36.1 Å². The minimum absolute atomic E-state index is 0.0440. The molecule has 5 nitrogen and oxygen atoms in total. The van der Waals surface area contributed by atoms with Crippen LogP contribution in [0.1, 0.15) is 24.8 Å². The molecule has 1 heterocycles. The fourth-order valence-corrected chi connectivity index (χ4v) is 4.84. The molecule has 0 aromatic heterocycles. The normalized spacial score (nSPS) is 35.5. The van der Waals surface area contributed by atoms with E-state index in [1.807, 2.05) is 24.3 Å². The van der Waals surface area contributed by atoms with Crippen molar-refractivity contribution in [1.29, 1.82) is 0 Å². The molecule has 1 fully saturated rings. The summed E-state index contributed by atoms with van der Waals surface area (Å²) in [7, 11) is 1.50. The molecule has 5 atom stereocenters. The first kappa shape index (κ1) is 16.2. The van der Waals surface area contributed by atoms with Gasteiger partial charge in [-0.2, -0.15) is 0 Å². The number of ketones is 1. The highest BCUT2D eigenvalue weighted by molar-refractivity contribution is 5.98. The summed E-state index contributed by atoms with van der Waals surface area (Å²) in [5.41, 5.74) is 0.429. The molecule has 0 saturated heterocycles. The van der Waals surface area contributed by atoms with Gasteiger partial charge in [-0.25, -0.2) is 0 Å². The van der Waals surface area contributed by atoms with Crippen LogP contribution in [-0.4, -0.2) is 30.9 Å². The van der Waals surface area contributed by atoms with Crippen LogP contribution in [0.25, 0.3) is 0 Å². The molecule has 1 unspecified atom stereocenters. The number of Topliss-reactive ketones (excluding diaryl/α,β-unsaturated/α-hetero) is 1. The lowest BCUT2D eigenvalue weighted by Crippen LogP contribution is -2.42. The van der Waals surface area contributed by atoms with Crippen molar-refractivity contribution < 1.29 is 24.1 Å². The molecule has 5 heteroatoms. The van der Waals surface area contributed by atoms with Crippen molar-refractivity contribution in [2.75, 3.05) is 13.9 Å². The van der Waals surface area contributed by atoms with Crippen molar-refractivity contribution in [3.8, 4) is 11.5 Å². The van der Waals surface area contributed by atoms with Gasteiger partial charge in [0.1, 0.15) is 0 Å². The number of methoxy groups -OCH3 is 1. The van der Waals surface area contributed by atoms with E-state index in [0.29, 0.717) is 23.7 Å². The second-order valence-corrected chi connectivity index (χ2v) is 7.08. The zero-order valence-electron chi connectivity index (χ0n) is 14.4. The molecule has 1 aliphatic heterocycles. The van der Waals surface area contributed by atoms with Gasteiger partial charge in [-0.1, -0.05) is 19.1 Å². The first-order chi connectivity index (χ1) is 12.0. The van der Waals surface area contributed by atoms with E-state index in [-0.39, 0.29) is 24.4 Å². The third-order valence-corrected chi connectivity index (χ3v) is 6.11. The quantitative estimate of drug-likeness (QED) is 0.853. The number of allylic oxidation sites excluding steroid dienone is 2. The molecular formula is C20H22O5. The number of rotatable bonds is 4. The zero-order valence-corrected chi connectivity index (χ0v) is 14.4. The summed E-state index contributed by atoms with van der Waals surface area (Å²) in [6.07, 6.45) is 3.45. The van der Waals surface area contributed by atoms with E-state index >= 15 is 0 Å². The van der Waals surface area contributed by atoms with Crippen LogP contribution < -0.4 is 9.47 Å². The smallest absolute Gasteiger partial charge is 0.231 e. The Kier molecular flexibility index (Phi) is 3.65. The van der Waals surface area contributed by atoms with Crippen molar-refractivity contribution in [1.82, 2.24) is 0 Å². The average Bonchev–Trinajstić information content (AvgIpc) is 3.13. The van der Waals surface area contributed by atoms with Crippen LogP contribution in [0.15, 0.2) is 42.7 Å². The molecule has 1 aromatic rings. The lowest BCUT2D eigenvalue weighted by Gasteiger charge is -2.36. The van der Waals surface area contributed by atoms with Gasteiger partial charge in [0.05, 0.1) is 19.1 Å². The number of benzene rings is 1. The minimum Gasteiger partial charge on any atom is -0.493 e. The number of aliphatic hydroxyl groups excluding tert-OH is 1. The summed E-state index contributed by atoms with van der Waals surface area (Å²) in [6.45, 7) is 6.14. The third kappa shape index (κ3) is 2.08. The van der Waals surface area contributed by atoms with Gasteiger partial charge in [-0.3, -0.25) is 4.79 Å². The maximum Gasteiger partial charge on any atom is 0.231 e. The molecule has 1 saturated carbocycles. The Morgan fingerprint density at radius 1 is 1.36 bits per heavy atom. The Labute approximate surface area is 146 Å². The maximum absolute atomic E-state index is 12.9. The van der Waals surface area contributed by atoms with Gasteiger partial charge in [-0.15, -0.1) is 6.58 Å². The summed E-state index contributed by atoms with van der Waals surface area (Å²) in [6, 6.07) is 5.76. The SMILES string of the molecule is C=CC[C@@]12C=C(OC)C(=O)[C@@H](C1O)[C@H](c1ccc3c(c1)OCO3)[C@H]2C. The summed E-state index contributed by atoms with van der Waals surface area (Å²) >= 11 is 0. The fraction of sp³-hybridized carbons (Fsp3) is 0.450. The summed E-state index contributed by atoms with van der Waals surface area (Å²) in [5.74, 6) is 0.985. The van der Waals surface area contributed by atoms with E-state index in [1.54, 1.807) is 6.08 Å². The average molecular weight is 342 g/mol. The Hall–Kier alpha value is -2.27. The van der Waals surface area contributed by atoms with Crippen molar-refractivity contribution in [2.45, 2.75) is 25.4 Å². The van der Waals surface area contributed by atoms with Crippen LogP contribution in [-0.2, 0) is 9.53 Å². The highest BCUT2D eigenvalue weighted by Gasteiger charge is 2.62. The monoisotopic (exact) mass is 342 g/mol. The minimum atomic E-state index is -0.762. The Morgan fingerprint density at radius 2 is 2.12 bits per heavy atom. The van der Waals surface area contributed by atoms with Gasteiger partial charge >= 0.3 is 0 Å². The molecule has 2 bridgehead atoms. The van der Waals surface area contributed by atoms with Crippen LogP contribution in [0.3, 0.4) is 0 Å². The molecule has 1 N–H and O–H groups in total. The number of aliphatic hydroxyl groups is 1. The van der Waals surface area contributed by atoms with Crippen molar-refractivity contribution in [3.63, 3.8) is 0 Å². The molecule has 1 aromatic carbocycles. The number of ether oxygens (including phenoxy) is 3. The van der Waals surface area contributed by atoms with E-state index in [4.69, 9.17) is 14.2 Å². The third-order valence-electron chi connectivity index (χ3n) is 6.11. The summed E-state index contributed by atoms with van der Waals surface area (Å²) in [4.78, 5) is 12.9. The van der Waals surface area contributed by atoms with Gasteiger partial charge in [0.2, 0.25) is 12.6 Å². The van der Waals surface area contributed by atoms with Gasteiger partial charge < -0.3 is 19.3 Å². The van der Waals surface area contributed by atoms with Crippen LogP contribution in [0.5, 0.6) is 11.5 Å². The number of carbonyl (C=O) groups is 1. The predicted octanol–water partition coefficient (Wildman–Crippen LogP) is 2.80. The molecular weight excluding hydrogens is 320 g/mol. The summed E-state index contributed by atoms with van der Waals surface area (Å²) < 4.78 is 16.2. The van der Waals surface area contributed by atoms with Crippen LogP contribution in [0, 0.1) is 17.3 Å². The van der Waals surface area contributed by atoms with E-state index < -0.39 is 17.4 Å². The Balaban J connectivity index is 1.83. The van der Waals surface area contributed by atoms with Crippen LogP contribution in [0.4, 0.5) is 0 Å². The first-order valence-corrected chi connectivity index (χ1v) is 8.53. The second kappa shape index (κ2) is 5.63. The van der Waals surface area contributed by atoms with E-state index in [9.17, 15) is 9.90 Å². The second-order valence-electron chi connectivity index (χ2n) is 7.08. The van der Waals surface area contributed by atoms with Crippen molar-refractivity contribution in [3.05, 3.63) is 48.3 Å². The number of carbonyl (C=O) groups excluding carboxylic acids is 1. The predicted molar refractivity (Wildman–Crippen MR) is 91.3 cm³/mol. The Morgan fingerprint density at radius 3 is 2.84 bits per heavy atom. The number of fused-ring (bicyclic) bond motifs is 3. The molecule has 0 spiro atoms. The highest BCUT2D eigenvalue weighted by atomic mass is 16.7. The summed E-state index contributed by atoms with van der Waals surface area (Å²) in [5, 5.41) is 11.0. The molecule has 0 amide bonds. The number of hydrogen-bond donors (Lipinski definition) is 1. The largest absolute Gasteiger partial charge is 0.493 e. The van der Waals surface area contributed by atoms with Gasteiger partial charge in [0, 0.05) is 11.3 Å². The maximum atomic E-state index is 12.9. The lowest BCUT2D eigenvalue weighted by molar-refractivity contribution is -0.128. The lowest BCUT2D eigenvalue weighted by atomic mass is 9.70. The van der Waals surface area contributed by atoms with E-state index in [1.165, 1.54) is 7.11 Å². The molecule has 0 radical (unpaired) electrons. The molecule has 132 valence electrons. The molecule has 4 rings (SSSR count). The van der Waals surface area contributed by atoms with Crippen molar-refractivity contribution in [2.24, 2.45) is 17.3 Å². The Bertz CT molecular complexity index is 767. The highest BCUT2D eigenvalue weighted by Crippen LogP contribution is 2.61. The molecule has 25 heavy (non-hydrogen) atoms. The topological polar surface area (TPSA) is 65.0 Å². The van der Waals surface area contributed by atoms with Crippen molar-refractivity contribution >= 4 is 5.78 Å². The van der Waals surface area contributed by atoms with E-state index in [0.717, 1.165) is 5.56 Å². The fourth-order valence-electron chi connectivity index (χ4n) is 4.84. The molecule has 2 aliphatic carbocycles.